The number of nitrogens with zero attached hydrogens (tertiary/aromatic N) is 2. The van der Waals surface area contributed by atoms with Gasteiger partial charge in [0, 0.05) is 32.7 Å². The van der Waals surface area contributed by atoms with Crippen molar-refractivity contribution >= 4 is 6.03 Å². The van der Waals surface area contributed by atoms with Crippen molar-refractivity contribution in [1.29, 1.82) is 0 Å². The molecule has 2 aromatic carbocycles. The Morgan fingerprint density at radius 3 is 2.60 bits per heavy atom. The minimum Gasteiger partial charge on any atom is -0.390 e. The number of benzene rings is 2. The lowest BCUT2D eigenvalue weighted by Gasteiger charge is -2.39. The molecule has 2 atom stereocenters. The zero-order valence-electron chi connectivity index (χ0n) is 17.3. The van der Waals surface area contributed by atoms with Crippen molar-refractivity contribution in [2.24, 2.45) is 0 Å². The van der Waals surface area contributed by atoms with Crippen LogP contribution in [0.3, 0.4) is 0 Å². The monoisotopic (exact) mass is 409 g/mol. The first kappa shape index (κ1) is 20.8. The minimum atomic E-state index is -1.02. The van der Waals surface area contributed by atoms with Gasteiger partial charge < -0.3 is 20.4 Å². The maximum Gasteiger partial charge on any atom is 0.317 e. The molecule has 0 saturated carbocycles. The van der Waals surface area contributed by atoms with E-state index in [0.29, 0.717) is 19.5 Å². The van der Waals surface area contributed by atoms with Crippen LogP contribution >= 0.6 is 0 Å². The fourth-order valence-electron chi connectivity index (χ4n) is 4.58. The first-order valence-electron chi connectivity index (χ1n) is 10.8. The number of amides is 2. The second-order valence-corrected chi connectivity index (χ2v) is 8.52. The molecule has 3 N–H and O–H groups in total. The molecule has 30 heavy (non-hydrogen) atoms. The molecule has 1 fully saturated rings. The molecule has 6 heteroatoms. The fourth-order valence-corrected chi connectivity index (χ4v) is 4.58. The first-order valence-corrected chi connectivity index (χ1v) is 10.8. The van der Waals surface area contributed by atoms with Gasteiger partial charge in [-0.15, -0.1) is 0 Å². The lowest BCUT2D eigenvalue weighted by Crippen LogP contribution is -2.53. The van der Waals surface area contributed by atoms with Gasteiger partial charge in [-0.05, 0) is 36.0 Å². The Morgan fingerprint density at radius 1 is 1.07 bits per heavy atom. The molecule has 1 unspecified atom stereocenters. The predicted octanol–water partition coefficient (Wildman–Crippen LogP) is 2.10. The Hall–Kier alpha value is -2.41. The summed E-state index contributed by atoms with van der Waals surface area (Å²) in [6.45, 7) is 3.36. The molecule has 2 heterocycles. The second kappa shape index (κ2) is 9.16. The van der Waals surface area contributed by atoms with E-state index in [4.69, 9.17) is 0 Å². The number of carbonyl (C=O) groups is 1. The van der Waals surface area contributed by atoms with Crippen LogP contribution in [-0.2, 0) is 18.6 Å². The van der Waals surface area contributed by atoms with E-state index >= 15 is 0 Å². The Bertz CT molecular complexity index is 860. The van der Waals surface area contributed by atoms with Gasteiger partial charge in [-0.3, -0.25) is 4.90 Å². The molecule has 0 bridgehead atoms. The molecule has 0 radical (unpaired) electrons. The van der Waals surface area contributed by atoms with Gasteiger partial charge in [0.05, 0.1) is 12.6 Å². The van der Waals surface area contributed by atoms with E-state index in [2.05, 4.69) is 28.4 Å². The average Bonchev–Trinajstić information content (AvgIpc) is 2.78. The predicted molar refractivity (Wildman–Crippen MR) is 116 cm³/mol. The van der Waals surface area contributed by atoms with Crippen LogP contribution in [0.5, 0.6) is 0 Å². The highest BCUT2D eigenvalue weighted by Gasteiger charge is 2.36. The fraction of sp³-hybridized carbons (Fsp3) is 0.458. The van der Waals surface area contributed by atoms with Gasteiger partial charge in [0.1, 0.15) is 5.60 Å². The van der Waals surface area contributed by atoms with Gasteiger partial charge >= 0.3 is 6.03 Å². The molecule has 2 aromatic rings. The van der Waals surface area contributed by atoms with Crippen LogP contribution in [0.25, 0.3) is 0 Å². The Balaban J connectivity index is 1.26. The van der Waals surface area contributed by atoms with Gasteiger partial charge in [-0.25, -0.2) is 4.79 Å². The van der Waals surface area contributed by atoms with E-state index in [1.807, 2.05) is 36.4 Å². The van der Waals surface area contributed by atoms with Crippen LogP contribution in [-0.4, -0.2) is 64.9 Å². The summed E-state index contributed by atoms with van der Waals surface area (Å²) in [4.78, 5) is 16.5. The molecule has 6 nitrogen and oxygen atoms in total. The number of nitrogens with one attached hydrogen (secondary N) is 1. The number of rotatable bonds is 5. The summed E-state index contributed by atoms with van der Waals surface area (Å²) in [7, 11) is 0. The molecule has 0 aliphatic carbocycles. The molecule has 1 saturated heterocycles. The van der Waals surface area contributed by atoms with Crippen molar-refractivity contribution in [3.8, 4) is 0 Å². The number of piperidine rings is 1. The van der Waals surface area contributed by atoms with E-state index in [9.17, 15) is 15.0 Å². The summed E-state index contributed by atoms with van der Waals surface area (Å²) in [5.41, 5.74) is 2.52. The third-order valence-corrected chi connectivity index (χ3v) is 6.24. The number of fused-ring (bicyclic) bond motifs is 1. The summed E-state index contributed by atoms with van der Waals surface area (Å²) < 4.78 is 0. The molecular weight excluding hydrogens is 378 g/mol. The molecule has 0 spiro atoms. The van der Waals surface area contributed by atoms with Crippen LogP contribution in [0.15, 0.2) is 54.6 Å². The largest absolute Gasteiger partial charge is 0.390 e. The van der Waals surface area contributed by atoms with Crippen molar-refractivity contribution in [3.63, 3.8) is 0 Å². The summed E-state index contributed by atoms with van der Waals surface area (Å²) >= 11 is 0. The number of likely N-dealkylation sites (tertiary alicyclic amines) is 1. The van der Waals surface area contributed by atoms with Crippen LogP contribution in [0.4, 0.5) is 4.79 Å². The standard InChI is InChI=1S/C24H31N3O3/c28-22(17-26-14-11-19-7-4-5-8-20(19)16-26)15-25-23(29)27-13-6-12-24(30,18-27)21-9-2-1-3-10-21/h1-5,7-10,22,28,30H,6,11-18H2,(H,25,29)/t22-,24?/m0/s1. The zero-order valence-corrected chi connectivity index (χ0v) is 17.3. The first-order chi connectivity index (χ1) is 14.5. The van der Waals surface area contributed by atoms with Crippen molar-refractivity contribution in [2.45, 2.75) is 37.5 Å². The quantitative estimate of drug-likeness (QED) is 0.707. The van der Waals surface area contributed by atoms with E-state index in [-0.39, 0.29) is 19.1 Å². The number of hydrogen-bond donors (Lipinski definition) is 3. The normalized spacial score (nSPS) is 22.9. The van der Waals surface area contributed by atoms with Gasteiger partial charge in [0.25, 0.3) is 0 Å². The van der Waals surface area contributed by atoms with Crippen molar-refractivity contribution in [1.82, 2.24) is 15.1 Å². The smallest absolute Gasteiger partial charge is 0.317 e. The summed E-state index contributed by atoms with van der Waals surface area (Å²) in [5.74, 6) is 0. The van der Waals surface area contributed by atoms with Crippen LogP contribution in [0, 0.1) is 0 Å². The third-order valence-electron chi connectivity index (χ3n) is 6.24. The Kier molecular flexibility index (Phi) is 6.37. The summed E-state index contributed by atoms with van der Waals surface area (Å²) in [6.07, 6.45) is 1.74. The maximum atomic E-state index is 12.7. The lowest BCUT2D eigenvalue weighted by molar-refractivity contribution is -0.0233. The number of urea groups is 1. The number of carbonyl (C=O) groups excluding carboxylic acids is 1. The van der Waals surface area contributed by atoms with Gasteiger partial charge in [-0.1, -0.05) is 54.6 Å². The van der Waals surface area contributed by atoms with Gasteiger partial charge in [0.15, 0.2) is 0 Å². The van der Waals surface area contributed by atoms with E-state index in [1.54, 1.807) is 4.90 Å². The van der Waals surface area contributed by atoms with Crippen LogP contribution in [0.1, 0.15) is 29.5 Å². The zero-order chi connectivity index (χ0) is 21.0. The van der Waals surface area contributed by atoms with Crippen molar-refractivity contribution in [3.05, 3.63) is 71.3 Å². The topological polar surface area (TPSA) is 76.0 Å². The van der Waals surface area contributed by atoms with Gasteiger partial charge in [0.2, 0.25) is 0 Å². The molecule has 2 aliphatic heterocycles. The van der Waals surface area contributed by atoms with E-state index in [1.165, 1.54) is 11.1 Å². The number of β-amino-alcohol motifs (C(OH)–C–C–N with tert-alkyl or cyclic N) is 2. The highest BCUT2D eigenvalue weighted by Crippen LogP contribution is 2.31. The molecule has 4 rings (SSSR count). The lowest BCUT2D eigenvalue weighted by atomic mass is 9.86. The van der Waals surface area contributed by atoms with E-state index < -0.39 is 11.7 Å². The Morgan fingerprint density at radius 2 is 1.80 bits per heavy atom. The molecular formula is C24H31N3O3. The van der Waals surface area contributed by atoms with Gasteiger partial charge in [-0.2, -0.15) is 0 Å². The number of aliphatic hydroxyl groups is 2. The third kappa shape index (κ3) is 4.83. The molecule has 2 amide bonds. The molecule has 2 aliphatic rings. The maximum absolute atomic E-state index is 12.7. The highest BCUT2D eigenvalue weighted by atomic mass is 16.3. The van der Waals surface area contributed by atoms with Crippen LogP contribution in [0.2, 0.25) is 0 Å². The van der Waals surface area contributed by atoms with Crippen molar-refractivity contribution < 1.29 is 15.0 Å². The van der Waals surface area contributed by atoms with Crippen LogP contribution < -0.4 is 5.32 Å². The SMILES string of the molecule is O=C(NC[C@H](O)CN1CCc2ccccc2C1)N1CCCC(O)(c2ccccc2)C1. The summed E-state index contributed by atoms with van der Waals surface area (Å²) in [5, 5.41) is 24.4. The number of hydrogen-bond acceptors (Lipinski definition) is 4. The molecule has 160 valence electrons. The second-order valence-electron chi connectivity index (χ2n) is 8.52. The van der Waals surface area contributed by atoms with Crippen molar-refractivity contribution in [2.75, 3.05) is 32.7 Å². The average molecular weight is 410 g/mol. The van der Waals surface area contributed by atoms with E-state index in [0.717, 1.165) is 31.5 Å². The number of aliphatic hydroxyl groups excluding tert-OH is 1. The summed E-state index contributed by atoms with van der Waals surface area (Å²) in [6, 6.07) is 17.7. The highest BCUT2D eigenvalue weighted by molar-refractivity contribution is 5.74. The Labute approximate surface area is 178 Å². The minimum absolute atomic E-state index is 0.206. The molecule has 0 aromatic heterocycles.